The third-order valence-electron chi connectivity index (χ3n) is 11.9. The summed E-state index contributed by atoms with van der Waals surface area (Å²) in [7, 11) is 0. The summed E-state index contributed by atoms with van der Waals surface area (Å²) >= 11 is -3.82. The van der Waals surface area contributed by atoms with Gasteiger partial charge < -0.3 is 0 Å². The van der Waals surface area contributed by atoms with Crippen molar-refractivity contribution in [3.8, 4) is 39.6 Å². The summed E-state index contributed by atoms with van der Waals surface area (Å²) in [4.78, 5) is 11.3. The Bertz CT molecular complexity index is 3310. The van der Waals surface area contributed by atoms with Crippen LogP contribution in [0, 0.1) is 0 Å². The van der Waals surface area contributed by atoms with Gasteiger partial charge in [0.05, 0.1) is 0 Å². The Hall–Kier alpha value is -7.02. The summed E-state index contributed by atoms with van der Waals surface area (Å²) in [5.41, 5.74) is 10.3. The van der Waals surface area contributed by atoms with Crippen LogP contribution in [0.1, 0.15) is 0 Å². The first-order chi connectivity index (χ1) is 28.3. The molecule has 0 spiro atoms. The number of hydrogen-bond acceptors (Lipinski definition) is 3. The average molecular weight is 788 g/mol. The van der Waals surface area contributed by atoms with Crippen LogP contribution in [0.2, 0.25) is 0 Å². The number of benzene rings is 8. The Labute approximate surface area is 331 Å². The molecule has 0 N–H and O–H groups in total. The van der Waals surface area contributed by atoms with Crippen LogP contribution in [0.5, 0.6) is 0 Å². The van der Waals surface area contributed by atoms with Crippen LogP contribution in [0.4, 0.5) is 0 Å². The van der Waals surface area contributed by atoms with E-state index >= 15 is 0 Å². The molecule has 4 heterocycles. The molecule has 11 aromatic rings. The summed E-state index contributed by atoms with van der Waals surface area (Å²) in [6.07, 6.45) is 0. The van der Waals surface area contributed by atoms with Gasteiger partial charge in [-0.1, -0.05) is 0 Å². The van der Waals surface area contributed by atoms with Crippen molar-refractivity contribution >= 4 is 74.6 Å². The average Bonchev–Trinajstić information content (AvgIpc) is 3.93. The summed E-state index contributed by atoms with van der Waals surface area (Å²) in [5.74, 6) is 0.721. The predicted molar refractivity (Wildman–Crippen MR) is 237 cm³/mol. The van der Waals surface area contributed by atoms with E-state index in [-0.39, 0.29) is 0 Å². The first-order valence-electron chi connectivity index (χ1n) is 19.4. The van der Waals surface area contributed by atoms with Crippen molar-refractivity contribution in [1.29, 1.82) is 0 Å². The predicted octanol–water partition coefficient (Wildman–Crippen LogP) is 10.2. The van der Waals surface area contributed by atoms with Gasteiger partial charge >= 0.3 is 333 Å². The van der Waals surface area contributed by atoms with E-state index in [0.29, 0.717) is 0 Å². The standard InChI is InChI=1S/C52H33GeN3O/c1-4-18-34(19-5-1)52-54-49-39-25-10-14-28-42(39)53(35-20-6-2-7-21-35,36-22-8-3-9-23-36)48(49)50(55-52)40-26-12-16-30-44(40)56-43-29-15-11-24-37(43)38-32-33-46-47(51(38)56)41-27-13-17-31-45(41)57-46/h1-33H. The second-order valence-electron chi connectivity index (χ2n) is 14.8. The molecule has 0 saturated carbocycles. The molecule has 1 aliphatic heterocycles. The maximum atomic E-state index is 6.52. The van der Waals surface area contributed by atoms with E-state index in [2.05, 4.69) is 199 Å². The Morgan fingerprint density at radius 2 is 1.02 bits per heavy atom. The van der Waals surface area contributed by atoms with Crippen molar-refractivity contribution in [1.82, 2.24) is 14.5 Å². The maximum absolute atomic E-state index is 6.52. The molecule has 12 rings (SSSR count). The van der Waals surface area contributed by atoms with Crippen molar-refractivity contribution in [2.75, 3.05) is 0 Å². The number of hydrogen-bond donors (Lipinski definition) is 0. The number of fused-ring (bicyclic) bond motifs is 10. The molecule has 0 bridgehead atoms. The molecule has 4 nitrogen and oxygen atoms in total. The molecule has 0 saturated heterocycles. The topological polar surface area (TPSA) is 43.9 Å². The molecule has 1 aliphatic rings. The van der Waals surface area contributed by atoms with E-state index in [0.717, 1.165) is 67.0 Å². The van der Waals surface area contributed by atoms with E-state index in [9.17, 15) is 0 Å². The number of rotatable bonds is 5. The van der Waals surface area contributed by atoms with E-state index in [1.54, 1.807) is 0 Å². The summed E-state index contributed by atoms with van der Waals surface area (Å²) in [6, 6.07) is 72.2. The number of para-hydroxylation sites is 3. The quantitative estimate of drug-likeness (QED) is 0.163. The molecule has 5 heteroatoms. The van der Waals surface area contributed by atoms with Crippen molar-refractivity contribution in [2.24, 2.45) is 0 Å². The van der Waals surface area contributed by atoms with Crippen LogP contribution in [0.3, 0.4) is 0 Å². The third kappa shape index (κ3) is 4.56. The Morgan fingerprint density at radius 1 is 0.439 bits per heavy atom. The number of furan rings is 1. The summed E-state index contributed by atoms with van der Waals surface area (Å²) < 4.78 is 14.3. The van der Waals surface area contributed by atoms with Gasteiger partial charge in [0, 0.05) is 0 Å². The molecular weight excluding hydrogens is 755 g/mol. The summed E-state index contributed by atoms with van der Waals surface area (Å²) in [6.45, 7) is 0. The van der Waals surface area contributed by atoms with E-state index in [4.69, 9.17) is 14.4 Å². The van der Waals surface area contributed by atoms with Gasteiger partial charge in [-0.2, -0.15) is 0 Å². The summed E-state index contributed by atoms with van der Waals surface area (Å²) in [5, 5.41) is 4.59. The molecule has 0 aliphatic carbocycles. The van der Waals surface area contributed by atoms with Gasteiger partial charge in [0.1, 0.15) is 0 Å². The molecule has 0 unspecified atom stereocenters. The van der Waals surface area contributed by atoms with Gasteiger partial charge in [-0.25, -0.2) is 0 Å². The SMILES string of the molecule is c1ccc(-c2nc(-c3ccccc3-n3c4ccccc4c4ccc5oc6ccccc6c5c43)[c]3c(n2)-c2cccc[c]2[Ge]3([c]2ccccc2)[c]2ccccc2)cc1. The fourth-order valence-electron chi connectivity index (χ4n) is 9.60. The van der Waals surface area contributed by atoms with Crippen LogP contribution < -0.4 is 17.6 Å². The molecule has 0 fully saturated rings. The number of nitrogens with zero attached hydrogens (tertiary/aromatic N) is 3. The molecule has 0 radical (unpaired) electrons. The zero-order valence-corrected chi connectivity index (χ0v) is 32.9. The third-order valence-corrected chi connectivity index (χ3v) is 22.1. The normalized spacial score (nSPS) is 13.1. The molecular formula is C52H33GeN3O. The van der Waals surface area contributed by atoms with E-state index in [1.807, 2.05) is 6.07 Å². The first-order valence-corrected chi connectivity index (χ1v) is 23.6. The second-order valence-corrected chi connectivity index (χ2v) is 22.6. The van der Waals surface area contributed by atoms with Gasteiger partial charge in [0.2, 0.25) is 0 Å². The molecule has 8 aromatic carbocycles. The van der Waals surface area contributed by atoms with E-state index < -0.39 is 13.3 Å². The molecule has 57 heavy (non-hydrogen) atoms. The Kier molecular flexibility index (Phi) is 7.07. The number of aromatic nitrogens is 3. The van der Waals surface area contributed by atoms with Crippen molar-refractivity contribution < 1.29 is 4.42 Å². The second kappa shape index (κ2) is 12.5. The zero-order chi connectivity index (χ0) is 37.5. The van der Waals surface area contributed by atoms with Crippen LogP contribution in [0.25, 0.3) is 83.3 Å². The van der Waals surface area contributed by atoms with Gasteiger partial charge in [-0.05, 0) is 0 Å². The fraction of sp³-hybridized carbons (Fsp3) is 0. The van der Waals surface area contributed by atoms with Gasteiger partial charge in [-0.15, -0.1) is 0 Å². The minimum atomic E-state index is -3.82. The van der Waals surface area contributed by atoms with Crippen LogP contribution in [-0.2, 0) is 0 Å². The van der Waals surface area contributed by atoms with Crippen molar-refractivity contribution in [3.63, 3.8) is 0 Å². The molecule has 0 amide bonds. The molecule has 3 aromatic heterocycles. The van der Waals surface area contributed by atoms with Crippen LogP contribution in [0.15, 0.2) is 205 Å². The van der Waals surface area contributed by atoms with E-state index in [1.165, 1.54) is 33.9 Å². The monoisotopic (exact) mass is 789 g/mol. The molecule has 266 valence electrons. The fourth-order valence-corrected chi connectivity index (χ4v) is 20.6. The minimum absolute atomic E-state index is 0.721. The van der Waals surface area contributed by atoms with Gasteiger partial charge in [0.25, 0.3) is 0 Å². The van der Waals surface area contributed by atoms with Crippen LogP contribution in [-0.4, -0.2) is 27.8 Å². The Morgan fingerprint density at radius 3 is 1.77 bits per heavy atom. The van der Waals surface area contributed by atoms with Crippen molar-refractivity contribution in [3.05, 3.63) is 200 Å². The zero-order valence-electron chi connectivity index (χ0n) is 30.8. The molecule has 0 atom stereocenters. The van der Waals surface area contributed by atoms with Gasteiger partial charge in [-0.3, -0.25) is 0 Å². The van der Waals surface area contributed by atoms with Crippen LogP contribution >= 0.6 is 0 Å². The first kappa shape index (κ1) is 32.2. The van der Waals surface area contributed by atoms with Gasteiger partial charge in [0.15, 0.2) is 0 Å². The Balaban J connectivity index is 1.27. The van der Waals surface area contributed by atoms with Crippen molar-refractivity contribution in [2.45, 2.75) is 0 Å².